The summed E-state index contributed by atoms with van der Waals surface area (Å²) in [6.45, 7) is 2.02. The van der Waals surface area contributed by atoms with E-state index in [2.05, 4.69) is 10.6 Å². The highest BCUT2D eigenvalue weighted by molar-refractivity contribution is 5.78. The lowest BCUT2D eigenvalue weighted by Crippen LogP contribution is -2.35. The van der Waals surface area contributed by atoms with Gasteiger partial charge in [0.15, 0.2) is 0 Å². The van der Waals surface area contributed by atoms with Gasteiger partial charge in [-0.3, -0.25) is 4.79 Å². The molecule has 0 aliphatic carbocycles. The second kappa shape index (κ2) is 8.17. The molecule has 2 rings (SSSR count). The first-order valence-electron chi connectivity index (χ1n) is 7.39. The molecule has 1 fully saturated rings. The lowest BCUT2D eigenvalue weighted by atomic mass is 10.2. The third-order valence-electron chi connectivity index (χ3n) is 3.42. The maximum Gasteiger partial charge on any atom is 0.318 e. The van der Waals surface area contributed by atoms with E-state index in [1.807, 2.05) is 4.90 Å². The van der Waals surface area contributed by atoms with E-state index in [4.69, 9.17) is 0 Å². The van der Waals surface area contributed by atoms with Gasteiger partial charge in [-0.25, -0.2) is 9.18 Å². The van der Waals surface area contributed by atoms with Crippen molar-refractivity contribution in [3.8, 4) is 0 Å². The van der Waals surface area contributed by atoms with Crippen molar-refractivity contribution in [2.24, 2.45) is 0 Å². The van der Waals surface area contributed by atoms with E-state index >= 15 is 0 Å². The molecule has 1 saturated heterocycles. The fourth-order valence-corrected chi connectivity index (χ4v) is 2.25. The molecule has 0 saturated carbocycles. The van der Waals surface area contributed by atoms with Crippen molar-refractivity contribution in [1.29, 1.82) is 0 Å². The molecule has 1 aromatic rings. The van der Waals surface area contributed by atoms with E-state index in [0.29, 0.717) is 19.5 Å². The third-order valence-corrected chi connectivity index (χ3v) is 3.42. The van der Waals surface area contributed by atoms with Crippen LogP contribution in [0, 0.1) is 5.82 Å². The number of rotatable bonds is 6. The number of amides is 3. The van der Waals surface area contributed by atoms with E-state index in [0.717, 1.165) is 24.9 Å². The summed E-state index contributed by atoms with van der Waals surface area (Å²) in [6, 6.07) is 5.67. The molecular weight excluding hydrogens is 285 g/mol. The summed E-state index contributed by atoms with van der Waals surface area (Å²) in [7, 11) is 0. The monoisotopic (exact) mass is 305 g/mol. The Morgan fingerprint density at radius 3 is 2.77 bits per heavy atom. The van der Waals surface area contributed by atoms with Gasteiger partial charge in [-0.1, -0.05) is 12.1 Å². The van der Waals surface area contributed by atoms with Gasteiger partial charge < -0.3 is 15.5 Å². The van der Waals surface area contributed by atoms with E-state index < -0.39 is 0 Å². The Labute approximate surface area is 129 Å². The van der Waals surface area contributed by atoms with Crippen LogP contribution >= 0.6 is 0 Å². The number of nitrogens with zero attached hydrogens (tertiary/aromatic N) is 1. The average Bonchev–Trinajstić information content (AvgIpc) is 2.91. The van der Waals surface area contributed by atoms with Gasteiger partial charge in [-0.05, 0) is 36.6 Å². The fraction of sp³-hybridized carbons (Fsp3) is 0.375. The zero-order chi connectivity index (χ0) is 15.8. The first kappa shape index (κ1) is 16.0. The highest BCUT2D eigenvalue weighted by Gasteiger charge is 2.18. The summed E-state index contributed by atoms with van der Waals surface area (Å²) < 4.78 is 12.7. The summed E-state index contributed by atoms with van der Waals surface area (Å²) in [4.78, 5) is 24.8. The zero-order valence-electron chi connectivity index (χ0n) is 12.3. The number of nitrogens with one attached hydrogen (secondary N) is 2. The summed E-state index contributed by atoms with van der Waals surface area (Å²) >= 11 is 0. The van der Waals surface area contributed by atoms with Gasteiger partial charge in [0, 0.05) is 32.3 Å². The number of hydrogen-bond acceptors (Lipinski definition) is 2. The van der Waals surface area contributed by atoms with Crippen molar-refractivity contribution in [3.63, 3.8) is 0 Å². The molecule has 0 radical (unpaired) electrons. The largest absolute Gasteiger partial charge is 0.343 e. The Morgan fingerprint density at radius 2 is 2.09 bits per heavy atom. The smallest absolute Gasteiger partial charge is 0.318 e. The average molecular weight is 305 g/mol. The number of carbonyl (C=O) groups excluding carboxylic acids is 2. The van der Waals surface area contributed by atoms with E-state index in [1.54, 1.807) is 18.2 Å². The third kappa shape index (κ3) is 5.20. The number of carbonyl (C=O) groups is 2. The molecule has 118 valence electrons. The van der Waals surface area contributed by atoms with E-state index in [-0.39, 0.29) is 17.8 Å². The van der Waals surface area contributed by atoms with Crippen LogP contribution in [-0.2, 0) is 4.79 Å². The minimum absolute atomic E-state index is 0.201. The van der Waals surface area contributed by atoms with E-state index in [9.17, 15) is 14.0 Å². The van der Waals surface area contributed by atoms with Crippen LogP contribution in [0.5, 0.6) is 0 Å². The number of hydrogen-bond donors (Lipinski definition) is 2. The van der Waals surface area contributed by atoms with Crippen molar-refractivity contribution in [1.82, 2.24) is 15.5 Å². The minimum atomic E-state index is -0.300. The molecule has 1 aliphatic rings. The Hall–Kier alpha value is -2.37. The standard InChI is InChI=1S/C16H20FN3O2/c17-14-6-4-13(5-7-14)8-10-19-16(22)18-9-2-12-20-11-1-3-15(20)21/h4-8,10H,1-3,9,11-12H2,(H2,18,19,22)/b10-8+. The zero-order valence-corrected chi connectivity index (χ0v) is 12.3. The highest BCUT2D eigenvalue weighted by Crippen LogP contribution is 2.09. The van der Waals surface area contributed by atoms with Crippen LogP contribution in [0.1, 0.15) is 24.8 Å². The van der Waals surface area contributed by atoms with E-state index in [1.165, 1.54) is 18.3 Å². The van der Waals surface area contributed by atoms with Crippen molar-refractivity contribution < 1.29 is 14.0 Å². The number of benzene rings is 1. The van der Waals surface area contributed by atoms with Crippen LogP contribution in [0.2, 0.25) is 0 Å². The molecule has 0 spiro atoms. The first-order chi connectivity index (χ1) is 10.6. The van der Waals surface area contributed by atoms with Gasteiger partial charge in [-0.2, -0.15) is 0 Å². The molecule has 1 heterocycles. The summed E-state index contributed by atoms with van der Waals surface area (Å²) in [6.07, 6.45) is 5.50. The van der Waals surface area contributed by atoms with Gasteiger partial charge in [-0.15, -0.1) is 0 Å². The molecule has 5 nitrogen and oxygen atoms in total. The molecule has 1 aliphatic heterocycles. The van der Waals surface area contributed by atoms with Crippen LogP contribution in [0.4, 0.5) is 9.18 Å². The van der Waals surface area contributed by atoms with Crippen LogP contribution in [0.3, 0.4) is 0 Å². The molecule has 22 heavy (non-hydrogen) atoms. The van der Waals surface area contributed by atoms with Gasteiger partial charge in [0.25, 0.3) is 0 Å². The molecular formula is C16H20FN3O2. The first-order valence-corrected chi connectivity index (χ1v) is 7.39. The highest BCUT2D eigenvalue weighted by atomic mass is 19.1. The van der Waals surface area contributed by atoms with Gasteiger partial charge in [0.2, 0.25) is 5.91 Å². The van der Waals surface area contributed by atoms with Crippen LogP contribution in [0.15, 0.2) is 30.5 Å². The lowest BCUT2D eigenvalue weighted by molar-refractivity contribution is -0.127. The molecule has 0 aromatic heterocycles. The topological polar surface area (TPSA) is 61.4 Å². The fourth-order valence-electron chi connectivity index (χ4n) is 2.25. The van der Waals surface area contributed by atoms with Crippen molar-refractivity contribution in [2.75, 3.05) is 19.6 Å². The van der Waals surface area contributed by atoms with Crippen molar-refractivity contribution >= 4 is 18.0 Å². The SMILES string of the molecule is O=C(N/C=C/c1ccc(F)cc1)NCCCN1CCCC1=O. The van der Waals surface area contributed by atoms with Gasteiger partial charge >= 0.3 is 6.03 Å². The quantitative estimate of drug-likeness (QED) is 0.791. The maximum absolute atomic E-state index is 12.7. The van der Waals surface area contributed by atoms with Crippen molar-refractivity contribution in [2.45, 2.75) is 19.3 Å². The molecule has 3 amide bonds. The molecule has 0 unspecified atom stereocenters. The Bertz CT molecular complexity index is 543. The second-order valence-corrected chi connectivity index (χ2v) is 5.12. The molecule has 2 N–H and O–H groups in total. The summed E-state index contributed by atoms with van der Waals surface area (Å²) in [5, 5.41) is 5.30. The van der Waals surface area contributed by atoms with Crippen LogP contribution in [0.25, 0.3) is 6.08 Å². The number of likely N-dealkylation sites (tertiary alicyclic amines) is 1. The second-order valence-electron chi connectivity index (χ2n) is 5.12. The van der Waals surface area contributed by atoms with Crippen LogP contribution in [-0.4, -0.2) is 36.5 Å². The Balaban J connectivity index is 1.59. The molecule has 1 aromatic carbocycles. The Kier molecular flexibility index (Phi) is 5.94. The van der Waals surface area contributed by atoms with Crippen LogP contribution < -0.4 is 10.6 Å². The normalized spacial score (nSPS) is 14.6. The Morgan fingerprint density at radius 1 is 1.32 bits per heavy atom. The number of halogens is 1. The summed E-state index contributed by atoms with van der Waals surface area (Å²) in [5.41, 5.74) is 0.800. The molecule has 0 bridgehead atoms. The summed E-state index contributed by atoms with van der Waals surface area (Å²) in [5.74, 6) is -0.0916. The predicted octanol–water partition coefficient (Wildman–Crippen LogP) is 2.11. The van der Waals surface area contributed by atoms with Gasteiger partial charge in [0.05, 0.1) is 0 Å². The van der Waals surface area contributed by atoms with Gasteiger partial charge in [0.1, 0.15) is 5.82 Å². The molecule has 0 atom stereocenters. The van der Waals surface area contributed by atoms with Crippen molar-refractivity contribution in [3.05, 3.63) is 41.8 Å². The molecule has 6 heteroatoms. The minimum Gasteiger partial charge on any atom is -0.343 e. The predicted molar refractivity (Wildman–Crippen MR) is 82.4 cm³/mol. The lowest BCUT2D eigenvalue weighted by Gasteiger charge is -2.15. The number of urea groups is 1. The maximum atomic E-state index is 12.7.